The Morgan fingerprint density at radius 2 is 1.96 bits per heavy atom. The van der Waals surface area contributed by atoms with Gasteiger partial charge in [0, 0.05) is 30.0 Å². The van der Waals surface area contributed by atoms with Gasteiger partial charge in [-0.1, -0.05) is 18.2 Å². The number of hydrogen-bond donors (Lipinski definition) is 0. The van der Waals surface area contributed by atoms with E-state index in [2.05, 4.69) is 23.0 Å². The lowest BCUT2D eigenvalue weighted by atomic mass is 10.1. The fourth-order valence-electron chi connectivity index (χ4n) is 3.84. The first-order valence-corrected chi connectivity index (χ1v) is 9.43. The van der Waals surface area contributed by atoms with Crippen LogP contribution >= 0.6 is 0 Å². The number of aromatic nitrogens is 4. The lowest BCUT2D eigenvalue weighted by Gasteiger charge is -2.22. The van der Waals surface area contributed by atoms with Crippen LogP contribution in [0, 0.1) is 6.92 Å². The standard InChI is InChI=1S/C21H21N5O/c1-13-12-22-10-9-17(13)26-20(23-19(24-26)15-7-8-15)21(27)25-14(2)11-16-5-3-4-6-18(16)25/h3-6,9-10,12,14-15H,7-8,11H2,1-2H3/t14-/m1/s1. The minimum atomic E-state index is -0.0944. The maximum absolute atomic E-state index is 13.6. The summed E-state index contributed by atoms with van der Waals surface area (Å²) in [6.45, 7) is 4.06. The molecule has 136 valence electrons. The molecule has 3 heterocycles. The molecule has 1 aliphatic carbocycles. The molecule has 5 rings (SSSR count). The fourth-order valence-corrected chi connectivity index (χ4v) is 3.84. The number of pyridine rings is 1. The molecule has 2 aliphatic rings. The van der Waals surface area contributed by atoms with E-state index in [4.69, 9.17) is 5.10 Å². The Bertz CT molecular complexity index is 1040. The van der Waals surface area contributed by atoms with E-state index in [1.165, 1.54) is 5.56 Å². The van der Waals surface area contributed by atoms with E-state index >= 15 is 0 Å². The molecule has 1 fully saturated rings. The van der Waals surface area contributed by atoms with Gasteiger partial charge in [-0.2, -0.15) is 5.10 Å². The number of rotatable bonds is 3. The Hall–Kier alpha value is -3.02. The van der Waals surface area contributed by atoms with E-state index in [1.807, 2.05) is 36.1 Å². The minimum Gasteiger partial charge on any atom is -0.302 e. The molecule has 0 bridgehead atoms. The van der Waals surface area contributed by atoms with E-state index < -0.39 is 0 Å². The second-order valence-corrected chi connectivity index (χ2v) is 7.50. The first-order chi connectivity index (χ1) is 13.1. The quantitative estimate of drug-likeness (QED) is 0.719. The number of fused-ring (bicyclic) bond motifs is 1. The average molecular weight is 359 g/mol. The second kappa shape index (κ2) is 6.01. The summed E-state index contributed by atoms with van der Waals surface area (Å²) in [7, 11) is 0. The predicted octanol–water partition coefficient (Wildman–Crippen LogP) is 3.44. The third kappa shape index (κ3) is 2.63. The summed E-state index contributed by atoms with van der Waals surface area (Å²) >= 11 is 0. The normalized spacial score (nSPS) is 18.6. The van der Waals surface area contributed by atoms with Crippen LogP contribution in [0.15, 0.2) is 42.7 Å². The number of nitrogens with zero attached hydrogens (tertiary/aromatic N) is 5. The molecule has 0 spiro atoms. The summed E-state index contributed by atoms with van der Waals surface area (Å²) in [4.78, 5) is 24.3. The number of carbonyl (C=O) groups excluding carboxylic acids is 1. The molecule has 6 nitrogen and oxygen atoms in total. The van der Waals surface area contributed by atoms with Crippen molar-refractivity contribution in [2.24, 2.45) is 0 Å². The van der Waals surface area contributed by atoms with Gasteiger partial charge in [0.25, 0.3) is 5.91 Å². The van der Waals surface area contributed by atoms with Crippen molar-refractivity contribution < 1.29 is 4.79 Å². The molecule has 0 unspecified atom stereocenters. The Morgan fingerprint density at radius 3 is 2.74 bits per heavy atom. The molecule has 1 aliphatic heterocycles. The lowest BCUT2D eigenvalue weighted by Crippen LogP contribution is -2.37. The molecule has 0 radical (unpaired) electrons. The monoisotopic (exact) mass is 359 g/mol. The summed E-state index contributed by atoms with van der Waals surface area (Å²) in [6, 6.07) is 10.1. The number of benzene rings is 1. The van der Waals surface area contributed by atoms with E-state index in [0.29, 0.717) is 11.7 Å². The zero-order chi connectivity index (χ0) is 18.5. The highest BCUT2D eigenvalue weighted by molar-refractivity contribution is 6.06. The molecule has 1 saturated carbocycles. The van der Waals surface area contributed by atoms with Gasteiger partial charge in [-0.15, -0.1) is 0 Å². The van der Waals surface area contributed by atoms with Crippen LogP contribution in [-0.2, 0) is 6.42 Å². The highest BCUT2D eigenvalue weighted by atomic mass is 16.2. The van der Waals surface area contributed by atoms with Crippen LogP contribution in [0.1, 0.15) is 53.3 Å². The van der Waals surface area contributed by atoms with Crippen molar-refractivity contribution in [1.82, 2.24) is 19.7 Å². The maximum atomic E-state index is 13.6. The molecule has 0 N–H and O–H groups in total. The van der Waals surface area contributed by atoms with Crippen molar-refractivity contribution in [2.45, 2.75) is 45.1 Å². The third-order valence-corrected chi connectivity index (χ3v) is 5.40. The first-order valence-electron chi connectivity index (χ1n) is 9.43. The van der Waals surface area contributed by atoms with Crippen LogP contribution in [-0.4, -0.2) is 31.7 Å². The lowest BCUT2D eigenvalue weighted by molar-refractivity contribution is 0.0969. The van der Waals surface area contributed by atoms with Gasteiger partial charge in [0.05, 0.1) is 5.69 Å². The predicted molar refractivity (Wildman–Crippen MR) is 102 cm³/mol. The topological polar surface area (TPSA) is 63.9 Å². The van der Waals surface area contributed by atoms with Gasteiger partial charge < -0.3 is 4.90 Å². The summed E-state index contributed by atoms with van der Waals surface area (Å²) in [5.74, 6) is 1.44. The van der Waals surface area contributed by atoms with Crippen molar-refractivity contribution in [3.63, 3.8) is 0 Å². The number of aryl methyl sites for hydroxylation is 1. The molecule has 3 aromatic rings. The van der Waals surface area contributed by atoms with Crippen LogP contribution in [0.4, 0.5) is 5.69 Å². The van der Waals surface area contributed by atoms with E-state index in [-0.39, 0.29) is 11.9 Å². The van der Waals surface area contributed by atoms with Crippen molar-refractivity contribution >= 4 is 11.6 Å². The summed E-state index contributed by atoms with van der Waals surface area (Å²) in [5, 5.41) is 4.71. The minimum absolute atomic E-state index is 0.0944. The van der Waals surface area contributed by atoms with Crippen LogP contribution < -0.4 is 4.90 Å². The van der Waals surface area contributed by atoms with Crippen LogP contribution in [0.2, 0.25) is 0 Å². The molecule has 27 heavy (non-hydrogen) atoms. The van der Waals surface area contributed by atoms with Crippen LogP contribution in [0.25, 0.3) is 5.69 Å². The van der Waals surface area contributed by atoms with Crippen LogP contribution in [0.5, 0.6) is 0 Å². The van der Waals surface area contributed by atoms with Gasteiger partial charge in [0.15, 0.2) is 5.82 Å². The third-order valence-electron chi connectivity index (χ3n) is 5.40. The first kappa shape index (κ1) is 16.2. The molecule has 2 aromatic heterocycles. The summed E-state index contributed by atoms with van der Waals surface area (Å²) < 4.78 is 1.71. The van der Waals surface area contributed by atoms with E-state index in [1.54, 1.807) is 17.1 Å². The smallest absolute Gasteiger partial charge is 0.296 e. The van der Waals surface area contributed by atoms with Gasteiger partial charge >= 0.3 is 0 Å². The SMILES string of the molecule is Cc1cnccc1-n1nc(C2CC2)nc1C(=O)N1c2ccccc2C[C@H]1C. The summed E-state index contributed by atoms with van der Waals surface area (Å²) in [6.07, 6.45) is 6.56. The van der Waals surface area contributed by atoms with Gasteiger partial charge in [0.1, 0.15) is 0 Å². The summed E-state index contributed by atoms with van der Waals surface area (Å²) in [5.41, 5.74) is 4.00. The highest BCUT2D eigenvalue weighted by Crippen LogP contribution is 2.39. The molecule has 1 atom stereocenters. The van der Waals surface area contributed by atoms with Crippen molar-refractivity contribution in [1.29, 1.82) is 0 Å². The van der Waals surface area contributed by atoms with E-state index in [9.17, 15) is 4.79 Å². The number of hydrogen-bond acceptors (Lipinski definition) is 4. The fraction of sp³-hybridized carbons (Fsp3) is 0.333. The van der Waals surface area contributed by atoms with Crippen molar-refractivity contribution in [2.75, 3.05) is 4.90 Å². The van der Waals surface area contributed by atoms with Gasteiger partial charge in [-0.05, 0) is 56.4 Å². The van der Waals surface area contributed by atoms with E-state index in [0.717, 1.165) is 42.0 Å². The molecule has 1 aromatic carbocycles. The molecule has 0 saturated heterocycles. The average Bonchev–Trinajstić information content (AvgIpc) is 3.33. The Labute approximate surface area is 157 Å². The van der Waals surface area contributed by atoms with Crippen molar-refractivity contribution in [3.8, 4) is 5.69 Å². The maximum Gasteiger partial charge on any atom is 0.296 e. The van der Waals surface area contributed by atoms with Gasteiger partial charge in [0.2, 0.25) is 5.82 Å². The Morgan fingerprint density at radius 1 is 1.15 bits per heavy atom. The highest BCUT2D eigenvalue weighted by Gasteiger charge is 2.36. The van der Waals surface area contributed by atoms with Gasteiger partial charge in [-0.3, -0.25) is 9.78 Å². The molecule has 1 amide bonds. The number of anilines is 1. The Kier molecular flexibility index (Phi) is 3.60. The molecular formula is C21H21N5O. The van der Waals surface area contributed by atoms with Crippen LogP contribution in [0.3, 0.4) is 0 Å². The van der Waals surface area contributed by atoms with Crippen molar-refractivity contribution in [3.05, 3.63) is 65.5 Å². The number of amides is 1. The molecular weight excluding hydrogens is 338 g/mol. The van der Waals surface area contributed by atoms with Gasteiger partial charge in [-0.25, -0.2) is 9.67 Å². The zero-order valence-electron chi connectivity index (χ0n) is 15.5. The largest absolute Gasteiger partial charge is 0.302 e. The molecule has 6 heteroatoms. The second-order valence-electron chi connectivity index (χ2n) is 7.50. The number of carbonyl (C=O) groups is 1. The Balaban J connectivity index is 1.62. The number of para-hydroxylation sites is 1. The zero-order valence-corrected chi connectivity index (χ0v) is 15.5.